The number of carbonyl (C=O) groups is 1. The van der Waals surface area contributed by atoms with Crippen molar-refractivity contribution in [1.29, 1.82) is 5.26 Å². The van der Waals surface area contributed by atoms with Gasteiger partial charge in [0.15, 0.2) is 0 Å². The lowest BCUT2D eigenvalue weighted by molar-refractivity contribution is -0.141. The number of carbonyl (C=O) groups excluding carboxylic acids is 1. The van der Waals surface area contributed by atoms with Crippen LogP contribution in [-0.4, -0.2) is 23.9 Å². The van der Waals surface area contributed by atoms with Crippen LogP contribution in [0.1, 0.15) is 25.7 Å². The summed E-state index contributed by atoms with van der Waals surface area (Å²) in [6, 6.07) is 2.19. The van der Waals surface area contributed by atoms with Gasteiger partial charge in [-0.25, -0.2) is 0 Å². The van der Waals surface area contributed by atoms with Crippen LogP contribution in [0, 0.1) is 29.6 Å². The highest BCUT2D eigenvalue weighted by atomic mass is 16.2. The van der Waals surface area contributed by atoms with Gasteiger partial charge in [0, 0.05) is 19.0 Å². The van der Waals surface area contributed by atoms with Gasteiger partial charge in [-0.05, 0) is 32.1 Å². The standard InChI is InChI=1S/C11H15N2O/c12-6-9-7-13(8-9)11(14)10-4-2-1-3-5-10/h1,9-10H,2-5,7-8H2. The molecule has 1 saturated carbocycles. The molecule has 1 amide bonds. The summed E-state index contributed by atoms with van der Waals surface area (Å²) in [6.45, 7) is 1.32. The molecule has 1 heterocycles. The Labute approximate surface area is 84.7 Å². The Hall–Kier alpha value is -1.04. The average Bonchev–Trinajstić information content (AvgIpc) is 2.17. The second-order valence-electron chi connectivity index (χ2n) is 4.21. The van der Waals surface area contributed by atoms with Gasteiger partial charge < -0.3 is 4.90 Å². The zero-order chi connectivity index (χ0) is 9.97. The second-order valence-corrected chi connectivity index (χ2v) is 4.21. The maximum atomic E-state index is 11.8. The van der Waals surface area contributed by atoms with Crippen LogP contribution in [0.25, 0.3) is 0 Å². The zero-order valence-corrected chi connectivity index (χ0v) is 8.28. The first-order chi connectivity index (χ1) is 6.81. The van der Waals surface area contributed by atoms with Crippen molar-refractivity contribution in [2.45, 2.75) is 25.7 Å². The third-order valence-electron chi connectivity index (χ3n) is 3.16. The van der Waals surface area contributed by atoms with Crippen molar-refractivity contribution in [3.05, 3.63) is 6.42 Å². The molecule has 0 bridgehead atoms. The van der Waals surface area contributed by atoms with Gasteiger partial charge >= 0.3 is 0 Å². The van der Waals surface area contributed by atoms with E-state index in [1.807, 2.05) is 4.90 Å². The van der Waals surface area contributed by atoms with Gasteiger partial charge in [0.25, 0.3) is 0 Å². The van der Waals surface area contributed by atoms with E-state index >= 15 is 0 Å². The van der Waals surface area contributed by atoms with Gasteiger partial charge in [-0.2, -0.15) is 5.26 Å². The van der Waals surface area contributed by atoms with Crippen molar-refractivity contribution in [3.8, 4) is 6.07 Å². The van der Waals surface area contributed by atoms with Crippen molar-refractivity contribution >= 4 is 5.91 Å². The molecule has 1 radical (unpaired) electrons. The summed E-state index contributed by atoms with van der Waals surface area (Å²) in [7, 11) is 0. The van der Waals surface area contributed by atoms with Crippen molar-refractivity contribution in [1.82, 2.24) is 4.90 Å². The van der Waals surface area contributed by atoms with Gasteiger partial charge in [-0.1, -0.05) is 0 Å². The van der Waals surface area contributed by atoms with Crippen LogP contribution in [0.15, 0.2) is 0 Å². The number of hydrogen-bond donors (Lipinski definition) is 0. The predicted molar refractivity (Wildman–Crippen MR) is 51.9 cm³/mol. The first-order valence-corrected chi connectivity index (χ1v) is 5.31. The maximum absolute atomic E-state index is 11.8. The van der Waals surface area contributed by atoms with Crippen molar-refractivity contribution < 1.29 is 4.79 Å². The Bertz CT molecular complexity index is 257. The average molecular weight is 191 g/mol. The Morgan fingerprint density at radius 3 is 2.57 bits per heavy atom. The van der Waals surface area contributed by atoms with Crippen molar-refractivity contribution in [2.24, 2.45) is 11.8 Å². The smallest absolute Gasteiger partial charge is 0.225 e. The monoisotopic (exact) mass is 191 g/mol. The van der Waals surface area contributed by atoms with Crippen LogP contribution in [0.5, 0.6) is 0 Å². The molecule has 1 aliphatic heterocycles. The maximum Gasteiger partial charge on any atom is 0.225 e. The summed E-state index contributed by atoms with van der Waals surface area (Å²) >= 11 is 0. The van der Waals surface area contributed by atoms with Gasteiger partial charge in [0.2, 0.25) is 5.91 Å². The molecule has 2 rings (SSSR count). The Kier molecular flexibility index (Phi) is 2.72. The normalized spacial score (nSPS) is 24.1. The lowest BCUT2D eigenvalue weighted by Crippen LogP contribution is -2.51. The van der Waals surface area contributed by atoms with E-state index in [4.69, 9.17) is 5.26 Å². The van der Waals surface area contributed by atoms with Crippen molar-refractivity contribution in [3.63, 3.8) is 0 Å². The largest absolute Gasteiger partial charge is 0.340 e. The number of nitriles is 1. The van der Waals surface area contributed by atoms with Crippen LogP contribution in [0.3, 0.4) is 0 Å². The van der Waals surface area contributed by atoms with E-state index in [-0.39, 0.29) is 17.7 Å². The van der Waals surface area contributed by atoms with Gasteiger partial charge in [0.05, 0.1) is 12.0 Å². The predicted octanol–water partition coefficient (Wildman–Crippen LogP) is 1.36. The third kappa shape index (κ3) is 1.75. The van der Waals surface area contributed by atoms with Crippen LogP contribution in [0.4, 0.5) is 0 Å². The van der Waals surface area contributed by atoms with Crippen LogP contribution < -0.4 is 0 Å². The van der Waals surface area contributed by atoms with E-state index in [0.717, 1.165) is 25.7 Å². The molecule has 0 aromatic carbocycles. The highest BCUT2D eigenvalue weighted by molar-refractivity contribution is 5.79. The summed E-state index contributed by atoms with van der Waals surface area (Å²) in [6.07, 6.45) is 6.43. The molecule has 75 valence electrons. The Balaban J connectivity index is 1.81. The second kappa shape index (κ2) is 4.00. The molecule has 0 unspecified atom stereocenters. The summed E-state index contributed by atoms with van der Waals surface area (Å²) in [4.78, 5) is 13.7. The minimum Gasteiger partial charge on any atom is -0.340 e. The molecule has 2 aliphatic rings. The van der Waals surface area contributed by atoms with Crippen molar-refractivity contribution in [2.75, 3.05) is 13.1 Å². The number of rotatable bonds is 1. The van der Waals surface area contributed by atoms with E-state index in [9.17, 15) is 4.79 Å². The van der Waals surface area contributed by atoms with Crippen LogP contribution in [-0.2, 0) is 4.79 Å². The fourth-order valence-electron chi connectivity index (χ4n) is 2.17. The molecule has 0 atom stereocenters. The van der Waals surface area contributed by atoms with E-state index in [2.05, 4.69) is 12.5 Å². The lowest BCUT2D eigenvalue weighted by atomic mass is 9.87. The fraction of sp³-hybridized carbons (Fsp3) is 0.727. The van der Waals surface area contributed by atoms with E-state index in [1.54, 1.807) is 0 Å². The molecule has 3 nitrogen and oxygen atoms in total. The summed E-state index contributed by atoms with van der Waals surface area (Å²) in [5, 5.41) is 8.60. The molecular formula is C11H15N2O. The topological polar surface area (TPSA) is 44.1 Å². The van der Waals surface area contributed by atoms with E-state index in [1.165, 1.54) is 0 Å². The van der Waals surface area contributed by atoms with Crippen LogP contribution in [0.2, 0.25) is 0 Å². The minimum atomic E-state index is 0.0918. The zero-order valence-electron chi connectivity index (χ0n) is 8.28. The van der Waals surface area contributed by atoms with Gasteiger partial charge in [-0.15, -0.1) is 0 Å². The minimum absolute atomic E-state index is 0.0918. The van der Waals surface area contributed by atoms with Crippen LogP contribution >= 0.6 is 0 Å². The summed E-state index contributed by atoms with van der Waals surface area (Å²) in [5.74, 6) is 0.610. The SMILES string of the molecule is N#CC1CN(C(=O)C2CC[CH]CC2)C1. The summed E-state index contributed by atoms with van der Waals surface area (Å²) in [5.41, 5.74) is 0. The molecular weight excluding hydrogens is 176 g/mol. The number of likely N-dealkylation sites (tertiary alicyclic amines) is 1. The molecule has 3 heteroatoms. The Morgan fingerprint density at radius 1 is 1.36 bits per heavy atom. The van der Waals surface area contributed by atoms with Gasteiger partial charge in [0.1, 0.15) is 0 Å². The molecule has 0 spiro atoms. The first-order valence-electron chi connectivity index (χ1n) is 5.31. The first kappa shape index (κ1) is 9.51. The lowest BCUT2D eigenvalue weighted by Gasteiger charge is -2.38. The third-order valence-corrected chi connectivity index (χ3v) is 3.16. The molecule has 0 aromatic heterocycles. The highest BCUT2D eigenvalue weighted by Crippen LogP contribution is 2.27. The molecule has 14 heavy (non-hydrogen) atoms. The molecule has 2 fully saturated rings. The van der Waals surface area contributed by atoms with Gasteiger partial charge in [-0.3, -0.25) is 4.79 Å². The quantitative estimate of drug-likeness (QED) is 0.628. The number of hydrogen-bond acceptors (Lipinski definition) is 2. The molecule has 0 N–H and O–H groups in total. The molecule has 0 aromatic rings. The molecule has 1 aliphatic carbocycles. The molecule has 1 saturated heterocycles. The Morgan fingerprint density at radius 2 is 2.00 bits per heavy atom. The van der Waals surface area contributed by atoms with E-state index in [0.29, 0.717) is 13.1 Å². The number of amides is 1. The summed E-state index contributed by atoms with van der Waals surface area (Å²) < 4.78 is 0. The fourth-order valence-corrected chi connectivity index (χ4v) is 2.17. The number of nitrogens with zero attached hydrogens (tertiary/aromatic N) is 2. The van der Waals surface area contributed by atoms with E-state index < -0.39 is 0 Å². The highest BCUT2D eigenvalue weighted by Gasteiger charge is 2.34.